The van der Waals surface area contributed by atoms with Crippen molar-refractivity contribution < 1.29 is 0 Å². The SMILES string of the molecule is CCC1CCCN(c2nc(-c3ccccn3)nc(C)c2C)C1. The van der Waals surface area contributed by atoms with Gasteiger partial charge in [0.1, 0.15) is 11.5 Å². The van der Waals surface area contributed by atoms with Crippen molar-refractivity contribution in [2.75, 3.05) is 18.0 Å². The van der Waals surface area contributed by atoms with Crippen LogP contribution in [0.1, 0.15) is 37.4 Å². The lowest BCUT2D eigenvalue weighted by atomic mass is 9.95. The Labute approximate surface area is 132 Å². The maximum Gasteiger partial charge on any atom is 0.180 e. The molecule has 1 fully saturated rings. The molecule has 0 aromatic carbocycles. The number of anilines is 1. The molecular weight excluding hydrogens is 272 g/mol. The fraction of sp³-hybridized carbons (Fsp3) is 0.500. The van der Waals surface area contributed by atoms with Crippen molar-refractivity contribution in [3.63, 3.8) is 0 Å². The average Bonchev–Trinajstić information content (AvgIpc) is 2.58. The fourth-order valence-corrected chi connectivity index (χ4v) is 3.12. The molecular formula is C18H24N4. The van der Waals surface area contributed by atoms with E-state index in [1.54, 1.807) is 6.20 Å². The first-order chi connectivity index (χ1) is 10.7. The number of aryl methyl sites for hydroxylation is 1. The lowest BCUT2D eigenvalue weighted by Crippen LogP contribution is -2.36. The van der Waals surface area contributed by atoms with Gasteiger partial charge in [0, 0.05) is 30.5 Å². The van der Waals surface area contributed by atoms with Crippen LogP contribution in [-0.4, -0.2) is 28.0 Å². The van der Waals surface area contributed by atoms with Gasteiger partial charge in [-0.25, -0.2) is 9.97 Å². The highest BCUT2D eigenvalue weighted by molar-refractivity contribution is 5.57. The second kappa shape index (κ2) is 6.42. The maximum atomic E-state index is 4.85. The zero-order chi connectivity index (χ0) is 15.5. The Morgan fingerprint density at radius 3 is 2.82 bits per heavy atom. The third-order valence-electron chi connectivity index (χ3n) is 4.65. The van der Waals surface area contributed by atoms with Gasteiger partial charge in [0.25, 0.3) is 0 Å². The lowest BCUT2D eigenvalue weighted by Gasteiger charge is -2.34. The van der Waals surface area contributed by atoms with Crippen molar-refractivity contribution in [3.8, 4) is 11.5 Å². The van der Waals surface area contributed by atoms with Gasteiger partial charge in [-0.3, -0.25) is 4.98 Å². The Bertz CT molecular complexity index is 639. The second-order valence-corrected chi connectivity index (χ2v) is 6.16. The number of hydrogen-bond donors (Lipinski definition) is 0. The molecule has 0 spiro atoms. The molecule has 4 heteroatoms. The Morgan fingerprint density at radius 1 is 1.23 bits per heavy atom. The van der Waals surface area contributed by atoms with Crippen molar-refractivity contribution in [1.29, 1.82) is 0 Å². The summed E-state index contributed by atoms with van der Waals surface area (Å²) in [6.45, 7) is 8.67. The van der Waals surface area contributed by atoms with E-state index in [4.69, 9.17) is 4.98 Å². The molecule has 1 saturated heterocycles. The van der Waals surface area contributed by atoms with E-state index in [1.807, 2.05) is 18.2 Å². The molecule has 3 heterocycles. The van der Waals surface area contributed by atoms with Gasteiger partial charge in [-0.2, -0.15) is 0 Å². The van der Waals surface area contributed by atoms with Gasteiger partial charge in [0.2, 0.25) is 0 Å². The number of nitrogens with zero attached hydrogens (tertiary/aromatic N) is 4. The smallest absolute Gasteiger partial charge is 0.180 e. The molecule has 1 unspecified atom stereocenters. The highest BCUT2D eigenvalue weighted by Crippen LogP contribution is 2.28. The molecule has 22 heavy (non-hydrogen) atoms. The topological polar surface area (TPSA) is 41.9 Å². The van der Waals surface area contributed by atoms with Crippen molar-refractivity contribution >= 4 is 5.82 Å². The van der Waals surface area contributed by atoms with E-state index < -0.39 is 0 Å². The van der Waals surface area contributed by atoms with Crippen LogP contribution in [0.4, 0.5) is 5.82 Å². The largest absolute Gasteiger partial charge is 0.356 e. The van der Waals surface area contributed by atoms with Crippen LogP contribution < -0.4 is 4.90 Å². The van der Waals surface area contributed by atoms with Crippen molar-refractivity contribution in [2.24, 2.45) is 5.92 Å². The van der Waals surface area contributed by atoms with Crippen LogP contribution in [0.15, 0.2) is 24.4 Å². The van der Waals surface area contributed by atoms with E-state index in [1.165, 1.54) is 24.8 Å². The Morgan fingerprint density at radius 2 is 2.09 bits per heavy atom. The van der Waals surface area contributed by atoms with Crippen molar-refractivity contribution in [2.45, 2.75) is 40.0 Å². The van der Waals surface area contributed by atoms with Crippen LogP contribution in [0.3, 0.4) is 0 Å². The summed E-state index contributed by atoms with van der Waals surface area (Å²) in [5.41, 5.74) is 3.08. The van der Waals surface area contributed by atoms with Crippen LogP contribution in [0.25, 0.3) is 11.5 Å². The number of hydrogen-bond acceptors (Lipinski definition) is 4. The van der Waals surface area contributed by atoms with Crippen LogP contribution in [0.5, 0.6) is 0 Å². The minimum absolute atomic E-state index is 0.734. The van der Waals surface area contributed by atoms with Gasteiger partial charge in [-0.05, 0) is 44.7 Å². The summed E-state index contributed by atoms with van der Waals surface area (Å²) in [5, 5.41) is 0. The molecule has 0 bridgehead atoms. The van der Waals surface area contributed by atoms with Crippen molar-refractivity contribution in [3.05, 3.63) is 35.7 Å². The van der Waals surface area contributed by atoms with Crippen molar-refractivity contribution in [1.82, 2.24) is 15.0 Å². The zero-order valence-electron chi connectivity index (χ0n) is 13.7. The average molecular weight is 296 g/mol. The number of rotatable bonds is 3. The molecule has 1 atom stereocenters. The van der Waals surface area contributed by atoms with Gasteiger partial charge in [-0.1, -0.05) is 19.4 Å². The van der Waals surface area contributed by atoms with E-state index in [0.717, 1.165) is 42.0 Å². The molecule has 2 aromatic heterocycles. The van der Waals surface area contributed by atoms with E-state index in [0.29, 0.717) is 0 Å². The predicted molar refractivity (Wildman–Crippen MR) is 90.0 cm³/mol. The third kappa shape index (κ3) is 2.96. The molecule has 0 aliphatic carbocycles. The molecule has 0 N–H and O–H groups in total. The first-order valence-corrected chi connectivity index (χ1v) is 8.20. The molecule has 2 aromatic rings. The fourth-order valence-electron chi connectivity index (χ4n) is 3.12. The van der Waals surface area contributed by atoms with E-state index in [9.17, 15) is 0 Å². The van der Waals surface area contributed by atoms with Gasteiger partial charge in [-0.15, -0.1) is 0 Å². The van der Waals surface area contributed by atoms with Crippen LogP contribution in [-0.2, 0) is 0 Å². The molecule has 0 radical (unpaired) electrons. The monoisotopic (exact) mass is 296 g/mol. The zero-order valence-corrected chi connectivity index (χ0v) is 13.7. The first-order valence-electron chi connectivity index (χ1n) is 8.20. The molecule has 0 saturated carbocycles. The minimum atomic E-state index is 0.734. The van der Waals surface area contributed by atoms with E-state index in [-0.39, 0.29) is 0 Å². The number of aromatic nitrogens is 3. The summed E-state index contributed by atoms with van der Waals surface area (Å²) in [7, 11) is 0. The highest BCUT2D eigenvalue weighted by atomic mass is 15.2. The molecule has 116 valence electrons. The molecule has 3 rings (SSSR count). The summed E-state index contributed by atoms with van der Waals surface area (Å²) in [4.78, 5) is 16.3. The van der Waals surface area contributed by atoms with Crippen LogP contribution in [0, 0.1) is 19.8 Å². The minimum Gasteiger partial charge on any atom is -0.356 e. The van der Waals surface area contributed by atoms with Gasteiger partial charge >= 0.3 is 0 Å². The summed E-state index contributed by atoms with van der Waals surface area (Å²) < 4.78 is 0. The second-order valence-electron chi connectivity index (χ2n) is 6.16. The molecule has 1 aliphatic rings. The van der Waals surface area contributed by atoms with E-state index in [2.05, 4.69) is 35.6 Å². The Hall–Kier alpha value is -1.97. The summed E-state index contributed by atoms with van der Waals surface area (Å²) in [5.74, 6) is 2.60. The Balaban J connectivity index is 1.98. The van der Waals surface area contributed by atoms with Gasteiger partial charge in [0.15, 0.2) is 5.82 Å². The quantitative estimate of drug-likeness (QED) is 0.864. The van der Waals surface area contributed by atoms with Gasteiger partial charge in [0.05, 0.1) is 0 Å². The molecule has 0 amide bonds. The first kappa shape index (κ1) is 14.9. The summed E-state index contributed by atoms with van der Waals surface area (Å²) in [6.07, 6.45) is 5.62. The molecule has 4 nitrogen and oxygen atoms in total. The lowest BCUT2D eigenvalue weighted by molar-refractivity contribution is 0.402. The summed E-state index contributed by atoms with van der Waals surface area (Å²) >= 11 is 0. The highest BCUT2D eigenvalue weighted by Gasteiger charge is 2.22. The summed E-state index contributed by atoms with van der Waals surface area (Å²) in [6, 6.07) is 5.87. The van der Waals surface area contributed by atoms with Crippen LogP contribution >= 0.6 is 0 Å². The molecule has 1 aliphatic heterocycles. The standard InChI is InChI=1S/C18H24N4/c1-4-15-8-7-11-22(12-15)18-13(2)14(3)20-17(21-18)16-9-5-6-10-19-16/h5-6,9-10,15H,4,7-8,11-12H2,1-3H3. The third-order valence-corrected chi connectivity index (χ3v) is 4.65. The maximum absolute atomic E-state index is 4.85. The predicted octanol–water partition coefficient (Wildman–Crippen LogP) is 3.78. The number of pyridine rings is 1. The number of piperidine rings is 1. The van der Waals surface area contributed by atoms with Crippen LogP contribution in [0.2, 0.25) is 0 Å². The Kier molecular flexibility index (Phi) is 4.36. The van der Waals surface area contributed by atoms with E-state index >= 15 is 0 Å². The normalized spacial score (nSPS) is 18.5. The van der Waals surface area contributed by atoms with Gasteiger partial charge < -0.3 is 4.90 Å².